The van der Waals surface area contributed by atoms with E-state index in [9.17, 15) is 4.79 Å². The Morgan fingerprint density at radius 1 is 1.10 bits per heavy atom. The van der Waals surface area contributed by atoms with Gasteiger partial charge in [-0.15, -0.1) is 0 Å². The van der Waals surface area contributed by atoms with Crippen LogP contribution in [-0.4, -0.2) is 46.6 Å². The van der Waals surface area contributed by atoms with Gasteiger partial charge in [-0.1, -0.05) is 24.3 Å². The van der Waals surface area contributed by atoms with Crippen LogP contribution >= 0.6 is 0 Å². The fourth-order valence-corrected chi connectivity index (χ4v) is 3.77. The zero-order chi connectivity index (χ0) is 21.4. The van der Waals surface area contributed by atoms with E-state index in [2.05, 4.69) is 5.10 Å². The molecule has 5 rings (SSSR count). The summed E-state index contributed by atoms with van der Waals surface area (Å²) in [6.45, 7) is 3.12. The average molecular weight is 421 g/mol. The zero-order valence-electron chi connectivity index (χ0n) is 17.4. The standard InChI is InChI=1S/C23H23N3O5/c1-15-10-18(24-25(15)2)23(27)26(11-16-6-5-9-21-22(16)30-14-29-21)12-17-13-28-19-7-3-4-8-20(19)31-17/h3-10,17H,11-14H2,1-2H3/t17-/m1/s1. The predicted octanol–water partition coefficient (Wildman–Crippen LogP) is 2.94. The van der Waals surface area contributed by atoms with Crippen LogP contribution in [0.4, 0.5) is 0 Å². The van der Waals surface area contributed by atoms with Gasteiger partial charge in [-0.3, -0.25) is 9.48 Å². The summed E-state index contributed by atoms with van der Waals surface area (Å²) < 4.78 is 24.8. The third-order valence-corrected chi connectivity index (χ3v) is 5.45. The molecule has 160 valence electrons. The number of benzene rings is 2. The van der Waals surface area contributed by atoms with Crippen LogP contribution in [-0.2, 0) is 13.6 Å². The number of para-hydroxylation sites is 3. The molecule has 3 aromatic rings. The van der Waals surface area contributed by atoms with E-state index in [4.69, 9.17) is 18.9 Å². The number of aromatic nitrogens is 2. The summed E-state index contributed by atoms with van der Waals surface area (Å²) >= 11 is 0. The van der Waals surface area contributed by atoms with E-state index in [1.807, 2.05) is 56.4 Å². The highest BCUT2D eigenvalue weighted by atomic mass is 16.7. The highest BCUT2D eigenvalue weighted by Gasteiger charge is 2.29. The predicted molar refractivity (Wildman–Crippen MR) is 112 cm³/mol. The van der Waals surface area contributed by atoms with Crippen molar-refractivity contribution < 1.29 is 23.7 Å². The molecule has 0 fully saturated rings. The van der Waals surface area contributed by atoms with E-state index in [0.717, 1.165) is 11.3 Å². The van der Waals surface area contributed by atoms with Crippen molar-refractivity contribution in [2.45, 2.75) is 19.6 Å². The van der Waals surface area contributed by atoms with E-state index < -0.39 is 0 Å². The molecule has 1 atom stereocenters. The number of carbonyl (C=O) groups is 1. The Labute approximate surface area is 179 Å². The highest BCUT2D eigenvalue weighted by Crippen LogP contribution is 2.36. The van der Waals surface area contributed by atoms with Crippen molar-refractivity contribution >= 4 is 5.91 Å². The number of aryl methyl sites for hydroxylation is 2. The van der Waals surface area contributed by atoms with Crippen LogP contribution in [0.5, 0.6) is 23.0 Å². The number of fused-ring (bicyclic) bond motifs is 2. The van der Waals surface area contributed by atoms with Crippen LogP contribution in [0.1, 0.15) is 21.7 Å². The number of hydrogen-bond acceptors (Lipinski definition) is 6. The average Bonchev–Trinajstić information content (AvgIpc) is 3.40. The summed E-state index contributed by atoms with van der Waals surface area (Å²) in [5, 5.41) is 4.37. The van der Waals surface area contributed by atoms with Crippen LogP contribution in [0.2, 0.25) is 0 Å². The third-order valence-electron chi connectivity index (χ3n) is 5.45. The van der Waals surface area contributed by atoms with Gasteiger partial charge in [0.25, 0.3) is 5.91 Å². The number of rotatable bonds is 5. The smallest absolute Gasteiger partial charge is 0.274 e. The molecule has 0 N–H and O–H groups in total. The van der Waals surface area contributed by atoms with Gasteiger partial charge in [-0.25, -0.2) is 0 Å². The molecule has 1 amide bonds. The topological polar surface area (TPSA) is 75.1 Å². The molecule has 2 aliphatic rings. The van der Waals surface area contributed by atoms with Crippen molar-refractivity contribution in [2.24, 2.45) is 7.05 Å². The zero-order valence-corrected chi connectivity index (χ0v) is 17.4. The first-order valence-electron chi connectivity index (χ1n) is 10.1. The Hall–Kier alpha value is -3.68. The third kappa shape index (κ3) is 3.76. The molecule has 2 aliphatic heterocycles. The molecule has 1 aromatic heterocycles. The van der Waals surface area contributed by atoms with Crippen molar-refractivity contribution in [1.82, 2.24) is 14.7 Å². The maximum absolute atomic E-state index is 13.4. The van der Waals surface area contributed by atoms with Crippen molar-refractivity contribution in [3.05, 3.63) is 65.5 Å². The van der Waals surface area contributed by atoms with Gasteiger partial charge in [0.15, 0.2) is 34.8 Å². The summed E-state index contributed by atoms with van der Waals surface area (Å²) in [4.78, 5) is 15.1. The van der Waals surface area contributed by atoms with Crippen LogP contribution in [0, 0.1) is 6.92 Å². The second-order valence-corrected chi connectivity index (χ2v) is 7.63. The minimum atomic E-state index is -0.308. The summed E-state index contributed by atoms with van der Waals surface area (Å²) in [5.41, 5.74) is 2.17. The summed E-state index contributed by atoms with van der Waals surface area (Å²) in [7, 11) is 1.82. The Balaban J connectivity index is 1.42. The number of nitrogens with zero attached hydrogens (tertiary/aromatic N) is 3. The first kappa shape index (κ1) is 19.3. The Morgan fingerprint density at radius 3 is 2.71 bits per heavy atom. The SMILES string of the molecule is Cc1cc(C(=O)N(Cc2cccc3c2OCO3)C[C@@H]2COc3ccccc3O2)nn1C. The van der Waals surface area contributed by atoms with E-state index in [1.54, 1.807) is 15.6 Å². The van der Waals surface area contributed by atoms with E-state index >= 15 is 0 Å². The minimum Gasteiger partial charge on any atom is -0.486 e. The Kier molecular flexibility index (Phi) is 4.89. The molecule has 0 saturated carbocycles. The normalized spacial score (nSPS) is 16.3. The molecular formula is C23H23N3O5. The summed E-state index contributed by atoms with van der Waals surface area (Å²) in [6, 6.07) is 15.0. The quantitative estimate of drug-likeness (QED) is 0.631. The Morgan fingerprint density at radius 2 is 1.90 bits per heavy atom. The largest absolute Gasteiger partial charge is 0.486 e. The molecule has 0 spiro atoms. The van der Waals surface area contributed by atoms with E-state index in [-0.39, 0.29) is 18.8 Å². The second kappa shape index (κ2) is 7.86. The molecule has 3 heterocycles. The summed E-state index contributed by atoms with van der Waals surface area (Å²) in [6.07, 6.45) is -0.308. The van der Waals surface area contributed by atoms with Crippen LogP contribution < -0.4 is 18.9 Å². The van der Waals surface area contributed by atoms with Gasteiger partial charge >= 0.3 is 0 Å². The minimum absolute atomic E-state index is 0.177. The summed E-state index contributed by atoms with van der Waals surface area (Å²) in [5.74, 6) is 2.57. The van der Waals surface area contributed by atoms with Crippen molar-refractivity contribution in [3.8, 4) is 23.0 Å². The lowest BCUT2D eigenvalue weighted by atomic mass is 10.1. The maximum Gasteiger partial charge on any atom is 0.274 e. The van der Waals surface area contributed by atoms with Gasteiger partial charge in [-0.2, -0.15) is 5.10 Å². The first-order valence-corrected chi connectivity index (χ1v) is 10.1. The lowest BCUT2D eigenvalue weighted by Gasteiger charge is -2.31. The van der Waals surface area contributed by atoms with Crippen LogP contribution in [0.25, 0.3) is 0 Å². The lowest BCUT2D eigenvalue weighted by molar-refractivity contribution is 0.0438. The molecule has 0 unspecified atom stereocenters. The highest BCUT2D eigenvalue weighted by molar-refractivity contribution is 5.92. The number of ether oxygens (including phenoxy) is 4. The monoisotopic (exact) mass is 421 g/mol. The van der Waals surface area contributed by atoms with Gasteiger partial charge in [-0.05, 0) is 31.2 Å². The molecular weight excluding hydrogens is 398 g/mol. The molecule has 2 aromatic carbocycles. The van der Waals surface area contributed by atoms with Gasteiger partial charge in [0.2, 0.25) is 6.79 Å². The van der Waals surface area contributed by atoms with Gasteiger partial charge in [0, 0.05) is 24.8 Å². The number of amides is 1. The molecule has 0 aliphatic carbocycles. The van der Waals surface area contributed by atoms with E-state index in [1.165, 1.54) is 0 Å². The molecule has 0 radical (unpaired) electrons. The molecule has 8 heteroatoms. The van der Waals surface area contributed by atoms with Crippen molar-refractivity contribution in [1.29, 1.82) is 0 Å². The second-order valence-electron chi connectivity index (χ2n) is 7.63. The van der Waals surface area contributed by atoms with Gasteiger partial charge < -0.3 is 23.8 Å². The van der Waals surface area contributed by atoms with Crippen LogP contribution in [0.3, 0.4) is 0 Å². The molecule has 8 nitrogen and oxygen atoms in total. The van der Waals surface area contributed by atoms with Gasteiger partial charge in [0.05, 0.1) is 6.54 Å². The van der Waals surface area contributed by atoms with Crippen LogP contribution in [0.15, 0.2) is 48.5 Å². The molecule has 0 bridgehead atoms. The Bertz CT molecular complexity index is 1110. The number of hydrogen-bond donors (Lipinski definition) is 0. The van der Waals surface area contributed by atoms with Crippen molar-refractivity contribution in [2.75, 3.05) is 19.9 Å². The fraction of sp³-hybridized carbons (Fsp3) is 0.304. The fourth-order valence-electron chi connectivity index (χ4n) is 3.77. The lowest BCUT2D eigenvalue weighted by Crippen LogP contribution is -2.43. The maximum atomic E-state index is 13.4. The van der Waals surface area contributed by atoms with Crippen molar-refractivity contribution in [3.63, 3.8) is 0 Å². The first-order chi connectivity index (χ1) is 15.1. The molecule has 0 saturated heterocycles. The number of carbonyl (C=O) groups excluding carboxylic acids is 1. The van der Waals surface area contributed by atoms with E-state index in [0.29, 0.717) is 48.4 Å². The molecule has 31 heavy (non-hydrogen) atoms. The van der Waals surface area contributed by atoms with Gasteiger partial charge in [0.1, 0.15) is 6.61 Å².